The minimum absolute atomic E-state index is 0.104. The van der Waals surface area contributed by atoms with Crippen molar-refractivity contribution in [2.45, 2.75) is 103 Å². The van der Waals surface area contributed by atoms with E-state index in [1.165, 1.54) is 19.2 Å². The number of ether oxygens (including phenoxy) is 4. The molecule has 8 N–H and O–H groups in total. The maximum absolute atomic E-state index is 14.5. The van der Waals surface area contributed by atoms with Crippen LogP contribution in [0.5, 0.6) is 23.0 Å². The van der Waals surface area contributed by atoms with E-state index < -0.39 is 59.6 Å². The summed E-state index contributed by atoms with van der Waals surface area (Å²) >= 11 is 18.7. The zero-order valence-electron chi connectivity index (χ0n) is 70.6. The van der Waals surface area contributed by atoms with Crippen molar-refractivity contribution in [2.24, 2.45) is 28.2 Å². The molecule has 0 saturated carbocycles. The highest BCUT2D eigenvalue weighted by Gasteiger charge is 2.46. The first-order chi connectivity index (χ1) is 59.3. The Balaban J connectivity index is 0.000000142. The Hall–Kier alpha value is -13.6. The Morgan fingerprint density at radius 1 is 0.371 bits per heavy atom. The molecule has 0 spiro atoms. The third-order valence-corrected chi connectivity index (χ3v) is 23.3. The molecule has 0 saturated heterocycles. The third-order valence-electron chi connectivity index (χ3n) is 22.3. The molecule has 4 aliphatic heterocycles. The van der Waals surface area contributed by atoms with Crippen LogP contribution in [-0.2, 0) is 53.8 Å². The maximum Gasteiger partial charge on any atom is 0.251 e. The van der Waals surface area contributed by atoms with Crippen molar-refractivity contribution in [3.8, 4) is 23.0 Å². The molecule has 4 aromatic heterocycles. The number of aryl methyl sites for hydroxylation is 11. The van der Waals surface area contributed by atoms with Crippen LogP contribution in [0.25, 0.3) is 0 Å². The number of methoxy groups -OCH3 is 4. The minimum Gasteiger partial charge on any atom is -0.496 e. The van der Waals surface area contributed by atoms with Crippen LogP contribution < -0.4 is 61.5 Å². The molecule has 8 atom stereocenters. The van der Waals surface area contributed by atoms with Gasteiger partial charge in [-0.25, -0.2) is 4.39 Å². The van der Waals surface area contributed by atoms with Crippen LogP contribution in [0.3, 0.4) is 0 Å². The molecular weight excluding hydrogens is 1650 g/mol. The van der Waals surface area contributed by atoms with Crippen LogP contribution >= 0.6 is 34.8 Å². The molecule has 28 nitrogen and oxygen atoms in total. The number of carbonyl (C=O) groups excluding carboxylic acids is 8. The van der Waals surface area contributed by atoms with Crippen LogP contribution in [0.15, 0.2) is 176 Å². The topological polar surface area (TPSA) is 341 Å². The molecule has 16 rings (SSSR count). The number of rotatable bonds is 17. The Kier molecular flexibility index (Phi) is 26.6. The maximum atomic E-state index is 14.5. The SMILES string of the molecule is CCc1cc(C(=O)N[C@@H]2C(=O)Nc3c(c(C)nn3C)[C@@H]2c2ccc(Cl)c(Cl)c2)ccc1OC.COc1ccc([C@H]2c3c(C)nn(C)c3NC(=O)[C@H]2NC(=O)c2ccc(C)cc2)cc1F.COc1ccc([C@H]2c3c(C)nn(C)c3NC(=O)[C@H]2NC(=O)c2ccccc2)cc1OC.Cc1ccc(C(=O)N[C@@H]2C(=O)Nc3c(c(C)nn3C)[C@@H]2c2cccc(Cl)c2)cc1. The van der Waals surface area contributed by atoms with Gasteiger partial charge < -0.3 is 61.5 Å². The molecule has 0 bridgehead atoms. The van der Waals surface area contributed by atoms with Gasteiger partial charge in [0.25, 0.3) is 23.6 Å². The van der Waals surface area contributed by atoms with Gasteiger partial charge in [-0.3, -0.25) is 57.1 Å². The number of halogens is 4. The highest BCUT2D eigenvalue weighted by Crippen LogP contribution is 2.46. The van der Waals surface area contributed by atoms with Gasteiger partial charge in [0.05, 0.1) is 61.3 Å². The lowest BCUT2D eigenvalue weighted by atomic mass is 9.81. The Morgan fingerprint density at radius 2 is 0.710 bits per heavy atom. The number of hydrogen-bond donors (Lipinski definition) is 8. The second-order valence-corrected chi connectivity index (χ2v) is 31.5. The second-order valence-electron chi connectivity index (χ2n) is 30.3. The largest absolute Gasteiger partial charge is 0.496 e. The summed E-state index contributed by atoms with van der Waals surface area (Å²) in [5, 5.41) is 42.3. The van der Waals surface area contributed by atoms with E-state index in [1.807, 2.05) is 115 Å². The van der Waals surface area contributed by atoms with Crippen LogP contribution in [0, 0.1) is 47.4 Å². The number of nitrogens with one attached hydrogen (secondary N) is 8. The molecule has 8 amide bonds. The number of benzene rings is 8. The lowest BCUT2D eigenvalue weighted by Crippen LogP contribution is -2.50. The highest BCUT2D eigenvalue weighted by molar-refractivity contribution is 6.42. The second kappa shape index (κ2) is 37.4. The number of carbonyl (C=O) groups is 8. The number of anilines is 4. The molecule has 8 aromatic carbocycles. The fraction of sp³-hybridized carbons (Fsp3) is 0.261. The van der Waals surface area contributed by atoms with Gasteiger partial charge in [-0.2, -0.15) is 20.4 Å². The lowest BCUT2D eigenvalue weighted by Gasteiger charge is -2.33. The van der Waals surface area contributed by atoms with E-state index in [-0.39, 0.29) is 47.1 Å². The van der Waals surface area contributed by atoms with E-state index in [0.29, 0.717) is 95.5 Å². The average Bonchev–Trinajstić information content (AvgIpc) is 1.57. The molecule has 8 heterocycles. The quantitative estimate of drug-likeness (QED) is 0.0420. The van der Waals surface area contributed by atoms with Gasteiger partial charge in [0.15, 0.2) is 23.1 Å². The standard InChI is InChI=1S/C24H24Cl2N4O3.C23H23FN4O3.C23H24N4O4.C22H21ClN4O2/c1-5-13-10-15(7-9-18(13)33-4)23(31)27-21-20(14-6-8-16(25)17(26)11-14)19-12(2)29-30(3)22(19)28-24(21)32;1-12-5-7-14(8-6-12)22(29)25-20-19(15-9-10-17(31-4)16(24)11-15)18-13(2)27-28(3)21(18)26-23(20)30;1-13-18-19(15-10-11-16(30-3)17(12-15)31-4)20(23(29)25-21(18)27(2)26-13)24-22(28)14-8-6-5-7-9-14;1-12-7-9-14(10-8-12)21(28)24-19-18(15-5-4-6-16(23)11-15)17-13(2)26-27(3)20(17)25-22(19)29/h6-11,20-21H,5H2,1-4H3,(H,27,31)(H,28,32);5-11,19-20H,1-4H3,(H,25,29)(H,26,30);5-12,19-20H,1-4H3,(H,24,28)(H,25,29);4-11,18-19H,1-3H3,(H,24,28)(H,25,29)/t20-,21-;2*19-,20-;18-,19-/m0000/s1. The van der Waals surface area contributed by atoms with Crippen molar-refractivity contribution in [2.75, 3.05) is 49.7 Å². The van der Waals surface area contributed by atoms with Crippen LogP contribution in [-0.4, -0.2) is 139 Å². The highest BCUT2D eigenvalue weighted by atomic mass is 35.5. The number of nitrogens with zero attached hydrogens (tertiary/aromatic N) is 8. The zero-order chi connectivity index (χ0) is 89.0. The van der Waals surface area contributed by atoms with Gasteiger partial charge in [-0.15, -0.1) is 0 Å². The molecule has 0 fully saturated rings. The first-order valence-corrected chi connectivity index (χ1v) is 40.7. The van der Waals surface area contributed by atoms with Crippen LogP contribution in [0.2, 0.25) is 15.1 Å². The molecule has 640 valence electrons. The van der Waals surface area contributed by atoms with E-state index in [4.69, 9.17) is 53.8 Å². The van der Waals surface area contributed by atoms with E-state index in [0.717, 1.165) is 72.7 Å². The van der Waals surface area contributed by atoms with Crippen molar-refractivity contribution in [1.29, 1.82) is 0 Å². The third kappa shape index (κ3) is 18.1. The molecule has 32 heteroatoms. The number of amides is 8. The number of fused-ring (bicyclic) bond motifs is 4. The summed E-state index contributed by atoms with van der Waals surface area (Å²) in [4.78, 5) is 104. The number of hydrogen-bond acceptors (Lipinski definition) is 16. The van der Waals surface area contributed by atoms with Crippen molar-refractivity contribution in [1.82, 2.24) is 60.4 Å². The lowest BCUT2D eigenvalue weighted by molar-refractivity contribution is -0.119. The summed E-state index contributed by atoms with van der Waals surface area (Å²) in [7, 11) is 13.2. The van der Waals surface area contributed by atoms with Crippen molar-refractivity contribution >= 4 is 105 Å². The summed E-state index contributed by atoms with van der Waals surface area (Å²) in [6, 6.07) is 47.5. The Bertz CT molecular complexity index is 6150. The van der Waals surface area contributed by atoms with Crippen molar-refractivity contribution in [3.63, 3.8) is 0 Å². The van der Waals surface area contributed by atoms with Gasteiger partial charge >= 0.3 is 0 Å². The molecular formula is C92H92Cl3FN16O12. The van der Waals surface area contributed by atoms with E-state index in [1.54, 1.807) is 165 Å². The normalized spacial score (nSPS) is 17.6. The summed E-state index contributed by atoms with van der Waals surface area (Å²) in [5.41, 5.74) is 14.1. The minimum atomic E-state index is -0.947. The van der Waals surface area contributed by atoms with E-state index in [9.17, 15) is 42.7 Å². The smallest absolute Gasteiger partial charge is 0.251 e. The fourth-order valence-corrected chi connectivity index (χ4v) is 16.8. The summed E-state index contributed by atoms with van der Waals surface area (Å²) in [6.07, 6.45) is 0.707. The first-order valence-electron chi connectivity index (χ1n) is 39.6. The fourth-order valence-electron chi connectivity index (χ4n) is 16.3. The van der Waals surface area contributed by atoms with Gasteiger partial charge in [0.2, 0.25) is 23.6 Å². The summed E-state index contributed by atoms with van der Waals surface area (Å²) in [6.45, 7) is 13.3. The predicted octanol–water partition coefficient (Wildman–Crippen LogP) is 13.8. The molecule has 0 unspecified atom stereocenters. The van der Waals surface area contributed by atoms with E-state index in [2.05, 4.69) is 62.9 Å². The molecule has 0 radical (unpaired) electrons. The Labute approximate surface area is 729 Å². The first kappa shape index (κ1) is 88.2. The number of aromatic nitrogens is 8. The van der Waals surface area contributed by atoms with Crippen molar-refractivity contribution in [3.05, 3.63) is 303 Å². The average molecular weight is 1740 g/mol. The predicted molar refractivity (Wildman–Crippen MR) is 470 cm³/mol. The molecule has 12 aromatic rings. The summed E-state index contributed by atoms with van der Waals surface area (Å²) < 4.78 is 42.3. The van der Waals surface area contributed by atoms with Gasteiger partial charge in [0.1, 0.15) is 53.2 Å². The van der Waals surface area contributed by atoms with Crippen LogP contribution in [0.1, 0.15) is 156 Å². The zero-order valence-corrected chi connectivity index (χ0v) is 72.8. The monoisotopic (exact) mass is 1740 g/mol. The Morgan fingerprint density at radius 3 is 1.08 bits per heavy atom. The van der Waals surface area contributed by atoms with Crippen LogP contribution in [0.4, 0.5) is 27.7 Å². The summed E-state index contributed by atoms with van der Waals surface area (Å²) in [5.74, 6) is -0.873. The van der Waals surface area contributed by atoms with Gasteiger partial charge in [-0.1, -0.05) is 126 Å². The van der Waals surface area contributed by atoms with Gasteiger partial charge in [-0.05, 0) is 179 Å². The van der Waals surface area contributed by atoms with Crippen molar-refractivity contribution < 1.29 is 61.7 Å². The molecule has 4 aliphatic rings. The van der Waals surface area contributed by atoms with E-state index >= 15 is 0 Å². The molecule has 0 aliphatic carbocycles. The molecule has 124 heavy (non-hydrogen) atoms. The van der Waals surface area contributed by atoms with Gasteiger partial charge in [0, 0.05) is 101 Å².